The van der Waals surface area contributed by atoms with Crippen molar-refractivity contribution in [3.05, 3.63) is 35.9 Å². The molecule has 0 radical (unpaired) electrons. The van der Waals surface area contributed by atoms with Gasteiger partial charge in [-0.15, -0.1) is 0 Å². The van der Waals surface area contributed by atoms with E-state index in [1.54, 1.807) is 0 Å². The summed E-state index contributed by atoms with van der Waals surface area (Å²) >= 11 is 9.77. The minimum atomic E-state index is -6.57. The van der Waals surface area contributed by atoms with E-state index >= 15 is 0 Å². The minimum absolute atomic E-state index is 0.772. The summed E-state index contributed by atoms with van der Waals surface area (Å²) in [7, 11) is 0. The highest BCUT2D eigenvalue weighted by atomic mass is 35.9. The van der Waals surface area contributed by atoms with Crippen molar-refractivity contribution in [3.63, 3.8) is 0 Å². The van der Waals surface area contributed by atoms with Crippen molar-refractivity contribution in [2.45, 2.75) is 24.1 Å². The van der Waals surface area contributed by atoms with E-state index in [4.69, 9.17) is 22.5 Å². The maximum absolute atomic E-state index is 13.7. The van der Waals surface area contributed by atoms with Crippen LogP contribution in [0.3, 0.4) is 0 Å². The third kappa shape index (κ3) is 4.07. The Labute approximate surface area is 129 Å². The van der Waals surface area contributed by atoms with Gasteiger partial charge < -0.3 is 0 Å². The standard InChI is InChI=1S/C10H6Cl2F7O2P/c11-22(12,20)21-7(6-4-2-1-3-5-6)8(13,14)9(15,16)10(17,18)19/h1-5,7H. The average molecular weight is 393 g/mol. The highest BCUT2D eigenvalue weighted by molar-refractivity contribution is 8.05. The maximum atomic E-state index is 13.7. The molecule has 126 valence electrons. The van der Waals surface area contributed by atoms with Crippen LogP contribution in [0.1, 0.15) is 11.7 Å². The van der Waals surface area contributed by atoms with E-state index in [2.05, 4.69) is 4.52 Å². The molecule has 0 spiro atoms. The molecule has 1 unspecified atom stereocenters. The lowest BCUT2D eigenvalue weighted by Crippen LogP contribution is -2.55. The van der Waals surface area contributed by atoms with Crippen LogP contribution in [0.4, 0.5) is 30.7 Å². The van der Waals surface area contributed by atoms with E-state index in [-0.39, 0.29) is 0 Å². The number of benzene rings is 1. The normalized spacial score (nSPS) is 15.7. The van der Waals surface area contributed by atoms with E-state index in [1.807, 2.05) is 0 Å². The van der Waals surface area contributed by atoms with Crippen LogP contribution in [0.25, 0.3) is 0 Å². The van der Waals surface area contributed by atoms with Crippen molar-refractivity contribution in [3.8, 4) is 0 Å². The molecule has 0 aliphatic heterocycles. The summed E-state index contributed by atoms with van der Waals surface area (Å²) in [6.45, 7) is 0. The zero-order chi connectivity index (χ0) is 17.4. The van der Waals surface area contributed by atoms with Crippen LogP contribution in [0, 0.1) is 0 Å². The second-order valence-corrected chi connectivity index (χ2v) is 8.23. The maximum Gasteiger partial charge on any atom is 0.459 e. The fourth-order valence-corrected chi connectivity index (χ4v) is 2.42. The van der Waals surface area contributed by atoms with Crippen LogP contribution in [0.15, 0.2) is 30.3 Å². The summed E-state index contributed by atoms with van der Waals surface area (Å²) in [4.78, 5) is 0. The Morgan fingerprint density at radius 2 is 1.41 bits per heavy atom. The van der Waals surface area contributed by atoms with Gasteiger partial charge in [0.2, 0.25) is 0 Å². The van der Waals surface area contributed by atoms with E-state index in [9.17, 15) is 35.3 Å². The Morgan fingerprint density at radius 3 is 1.77 bits per heavy atom. The lowest BCUT2D eigenvalue weighted by molar-refractivity contribution is -0.369. The van der Waals surface area contributed by atoms with Crippen molar-refractivity contribution in [1.29, 1.82) is 0 Å². The molecule has 0 fully saturated rings. The predicted octanol–water partition coefficient (Wildman–Crippen LogP) is 6.16. The van der Waals surface area contributed by atoms with Gasteiger partial charge >= 0.3 is 24.1 Å². The summed E-state index contributed by atoms with van der Waals surface area (Å²) in [5.74, 6) is -12.3. The highest BCUT2D eigenvalue weighted by Crippen LogP contribution is 2.64. The molecule has 0 N–H and O–H groups in total. The third-order valence-electron chi connectivity index (χ3n) is 2.43. The van der Waals surface area contributed by atoms with Gasteiger partial charge in [0.1, 0.15) is 0 Å². The molecule has 0 saturated carbocycles. The van der Waals surface area contributed by atoms with Gasteiger partial charge in [-0.05, 0) is 28.0 Å². The SMILES string of the molecule is O=P(Cl)(Cl)OC(c1ccccc1)C(F)(F)C(F)(F)C(F)(F)F. The average Bonchev–Trinajstić information content (AvgIpc) is 2.34. The first-order valence-corrected chi connectivity index (χ1v) is 8.68. The number of alkyl halides is 7. The largest absolute Gasteiger partial charge is 0.459 e. The van der Waals surface area contributed by atoms with Gasteiger partial charge in [0.15, 0.2) is 6.10 Å². The minimum Gasteiger partial charge on any atom is -0.291 e. The third-order valence-corrected chi connectivity index (χ3v) is 3.37. The second kappa shape index (κ2) is 6.19. The quantitative estimate of drug-likeness (QED) is 0.442. The lowest BCUT2D eigenvalue weighted by atomic mass is 9.98. The molecule has 22 heavy (non-hydrogen) atoms. The van der Waals surface area contributed by atoms with Crippen molar-refractivity contribution in [2.24, 2.45) is 0 Å². The molecule has 2 nitrogen and oxygen atoms in total. The monoisotopic (exact) mass is 392 g/mol. The predicted molar refractivity (Wildman–Crippen MR) is 65.5 cm³/mol. The van der Waals surface area contributed by atoms with Crippen molar-refractivity contribution < 1.29 is 39.8 Å². The fraction of sp³-hybridized carbons (Fsp3) is 0.400. The Hall–Kier alpha value is -0.500. The van der Waals surface area contributed by atoms with Gasteiger partial charge in [0.05, 0.1) is 0 Å². The summed E-state index contributed by atoms with van der Waals surface area (Å²) in [6, 6.07) is 4.96. The molecule has 0 amide bonds. The summed E-state index contributed by atoms with van der Waals surface area (Å²) in [6.07, 6.45) is -14.7. The molecular formula is C10H6Cl2F7O2P. The summed E-state index contributed by atoms with van der Waals surface area (Å²) < 4.78 is 105. The summed E-state index contributed by atoms with van der Waals surface area (Å²) in [5.41, 5.74) is -0.807. The molecule has 0 aliphatic carbocycles. The van der Waals surface area contributed by atoms with Crippen LogP contribution < -0.4 is 0 Å². The number of halogens is 9. The van der Waals surface area contributed by atoms with Crippen LogP contribution in [-0.2, 0) is 9.09 Å². The van der Waals surface area contributed by atoms with Crippen LogP contribution in [-0.4, -0.2) is 18.0 Å². The van der Waals surface area contributed by atoms with Crippen molar-refractivity contribution >= 4 is 28.6 Å². The van der Waals surface area contributed by atoms with E-state index in [0.29, 0.717) is 0 Å². The van der Waals surface area contributed by atoms with Gasteiger partial charge in [-0.3, -0.25) is 9.09 Å². The molecule has 0 aromatic heterocycles. The van der Waals surface area contributed by atoms with Gasteiger partial charge in [0, 0.05) is 0 Å². The van der Waals surface area contributed by atoms with Gasteiger partial charge in [-0.25, -0.2) is 0 Å². The number of hydrogen-bond donors (Lipinski definition) is 0. The van der Waals surface area contributed by atoms with Gasteiger partial charge in [0.25, 0.3) is 0 Å². The topological polar surface area (TPSA) is 26.3 Å². The molecule has 0 bridgehead atoms. The van der Waals surface area contributed by atoms with Crippen LogP contribution >= 0.6 is 28.6 Å². The number of rotatable bonds is 5. The Balaban J connectivity index is 3.41. The number of hydrogen-bond acceptors (Lipinski definition) is 2. The zero-order valence-electron chi connectivity index (χ0n) is 10.1. The first-order chi connectivity index (χ1) is 9.70. The molecule has 0 heterocycles. The Morgan fingerprint density at radius 1 is 0.955 bits per heavy atom. The van der Waals surface area contributed by atoms with E-state index < -0.39 is 35.8 Å². The van der Waals surface area contributed by atoms with Gasteiger partial charge in [-0.2, -0.15) is 30.7 Å². The Kier molecular flexibility index (Phi) is 5.50. The first-order valence-electron chi connectivity index (χ1n) is 5.25. The molecule has 0 saturated heterocycles. The zero-order valence-corrected chi connectivity index (χ0v) is 12.5. The fourth-order valence-electron chi connectivity index (χ4n) is 1.44. The smallest absolute Gasteiger partial charge is 0.291 e. The van der Waals surface area contributed by atoms with Crippen LogP contribution in [0.2, 0.25) is 0 Å². The molecular weight excluding hydrogens is 387 g/mol. The molecule has 1 aromatic carbocycles. The van der Waals surface area contributed by atoms with E-state index in [1.165, 1.54) is 6.07 Å². The second-order valence-electron chi connectivity index (χ2n) is 4.01. The Bertz CT molecular complexity index is 558. The molecule has 1 atom stereocenters. The van der Waals surface area contributed by atoms with Crippen molar-refractivity contribution in [1.82, 2.24) is 0 Å². The van der Waals surface area contributed by atoms with Crippen LogP contribution in [0.5, 0.6) is 0 Å². The summed E-state index contributed by atoms with van der Waals surface area (Å²) in [5, 5.41) is 0. The molecule has 1 aromatic rings. The molecule has 12 heteroatoms. The van der Waals surface area contributed by atoms with Gasteiger partial charge in [-0.1, -0.05) is 30.3 Å². The first kappa shape index (κ1) is 19.5. The van der Waals surface area contributed by atoms with E-state index in [0.717, 1.165) is 24.3 Å². The molecule has 1 rings (SSSR count). The van der Waals surface area contributed by atoms with Crippen molar-refractivity contribution in [2.75, 3.05) is 0 Å². The lowest BCUT2D eigenvalue weighted by Gasteiger charge is -2.34. The molecule has 0 aliphatic rings. The highest BCUT2D eigenvalue weighted by Gasteiger charge is 2.76.